The average molecular weight is 248 g/mol. The number of aromatic nitrogens is 2. The third kappa shape index (κ3) is 2.21. The van der Waals surface area contributed by atoms with Gasteiger partial charge in [0.1, 0.15) is 17.5 Å². The van der Waals surface area contributed by atoms with Crippen LogP contribution in [-0.4, -0.2) is 34.1 Å². The van der Waals surface area contributed by atoms with E-state index in [1.165, 1.54) is 6.42 Å². The minimum atomic E-state index is 0.194. The van der Waals surface area contributed by atoms with E-state index in [4.69, 9.17) is 0 Å². The summed E-state index contributed by atoms with van der Waals surface area (Å²) in [5, 5.41) is 22.8. The monoisotopic (exact) mass is 248 g/mol. The summed E-state index contributed by atoms with van der Waals surface area (Å²) in [6, 6.07) is 2.58. The quantitative estimate of drug-likeness (QED) is 0.876. The second-order valence-corrected chi connectivity index (χ2v) is 4.87. The lowest BCUT2D eigenvalue weighted by Crippen LogP contribution is -2.41. The highest BCUT2D eigenvalue weighted by Crippen LogP contribution is 2.30. The van der Waals surface area contributed by atoms with Crippen LogP contribution in [0.25, 0.3) is 0 Å². The Hall–Kier alpha value is -1.54. The number of aryl methyl sites for hydroxylation is 2. The van der Waals surface area contributed by atoms with Gasteiger partial charge in [-0.15, -0.1) is 0 Å². The fourth-order valence-electron chi connectivity index (χ4n) is 2.83. The predicted molar refractivity (Wildman–Crippen MR) is 69.3 cm³/mol. The molecular formula is C13H20N4O. The van der Waals surface area contributed by atoms with Crippen molar-refractivity contribution < 1.29 is 5.11 Å². The summed E-state index contributed by atoms with van der Waals surface area (Å²) < 4.78 is 1.80. The number of anilines is 1. The number of aliphatic hydroxyl groups is 1. The number of aliphatic hydroxyl groups excluding tert-OH is 1. The summed E-state index contributed by atoms with van der Waals surface area (Å²) >= 11 is 0. The first-order valence-electron chi connectivity index (χ1n) is 6.50. The van der Waals surface area contributed by atoms with Crippen LogP contribution in [0.15, 0.2) is 0 Å². The van der Waals surface area contributed by atoms with E-state index in [2.05, 4.69) is 16.1 Å². The van der Waals surface area contributed by atoms with Gasteiger partial charge in [-0.2, -0.15) is 10.4 Å². The zero-order chi connectivity index (χ0) is 13.1. The molecule has 1 unspecified atom stereocenters. The average Bonchev–Trinajstić information content (AvgIpc) is 2.64. The Morgan fingerprint density at radius 3 is 2.94 bits per heavy atom. The van der Waals surface area contributed by atoms with Crippen LogP contribution in [0.5, 0.6) is 0 Å². The van der Waals surface area contributed by atoms with Crippen LogP contribution in [-0.2, 0) is 7.05 Å². The minimum absolute atomic E-state index is 0.194. The number of hydrogen-bond donors (Lipinski definition) is 1. The van der Waals surface area contributed by atoms with Gasteiger partial charge in [0.25, 0.3) is 0 Å². The van der Waals surface area contributed by atoms with E-state index in [9.17, 15) is 10.4 Å². The van der Waals surface area contributed by atoms with E-state index in [1.54, 1.807) is 4.68 Å². The molecule has 0 radical (unpaired) electrons. The lowest BCUT2D eigenvalue weighted by Gasteiger charge is -2.37. The molecule has 2 heterocycles. The molecule has 1 aliphatic rings. The highest BCUT2D eigenvalue weighted by atomic mass is 16.3. The zero-order valence-electron chi connectivity index (χ0n) is 11.1. The summed E-state index contributed by atoms with van der Waals surface area (Å²) in [4.78, 5) is 2.25. The molecule has 1 aliphatic heterocycles. The van der Waals surface area contributed by atoms with Crippen molar-refractivity contribution in [2.75, 3.05) is 18.1 Å². The van der Waals surface area contributed by atoms with Crippen molar-refractivity contribution in [3.63, 3.8) is 0 Å². The smallest absolute Gasteiger partial charge is 0.145 e. The molecule has 18 heavy (non-hydrogen) atoms. The second kappa shape index (κ2) is 5.40. The summed E-state index contributed by atoms with van der Waals surface area (Å²) in [5.41, 5.74) is 1.45. The molecule has 1 fully saturated rings. The highest BCUT2D eigenvalue weighted by Gasteiger charge is 2.27. The Morgan fingerprint density at radius 2 is 2.28 bits per heavy atom. The molecule has 2 rings (SSSR count). The fraction of sp³-hybridized carbons (Fsp3) is 0.692. The molecule has 0 bridgehead atoms. The van der Waals surface area contributed by atoms with Crippen molar-refractivity contribution in [3.05, 3.63) is 11.3 Å². The first-order valence-corrected chi connectivity index (χ1v) is 6.50. The van der Waals surface area contributed by atoms with Crippen molar-refractivity contribution >= 4 is 5.82 Å². The van der Waals surface area contributed by atoms with Crippen LogP contribution in [0, 0.1) is 18.3 Å². The van der Waals surface area contributed by atoms with Crippen LogP contribution in [0.4, 0.5) is 5.82 Å². The Bertz CT molecular complexity index is 458. The largest absolute Gasteiger partial charge is 0.396 e. The summed E-state index contributed by atoms with van der Waals surface area (Å²) in [6.07, 6.45) is 4.17. The van der Waals surface area contributed by atoms with Crippen molar-refractivity contribution in [3.8, 4) is 6.07 Å². The Labute approximate surface area is 108 Å². The van der Waals surface area contributed by atoms with Gasteiger partial charge in [-0.25, -0.2) is 0 Å². The summed E-state index contributed by atoms with van der Waals surface area (Å²) in [6.45, 7) is 3.01. The molecule has 0 aromatic carbocycles. The molecular weight excluding hydrogens is 228 g/mol. The number of nitrogens with zero attached hydrogens (tertiary/aromatic N) is 4. The Kier molecular flexibility index (Phi) is 3.87. The number of nitriles is 1. The van der Waals surface area contributed by atoms with Crippen molar-refractivity contribution in [2.24, 2.45) is 7.05 Å². The predicted octanol–water partition coefficient (Wildman–Crippen LogP) is 1.34. The minimum Gasteiger partial charge on any atom is -0.396 e. The number of hydrogen-bond acceptors (Lipinski definition) is 4. The SMILES string of the molecule is Cc1nn(C)c(N2CCCCC2CCO)c1C#N. The van der Waals surface area contributed by atoms with Gasteiger partial charge >= 0.3 is 0 Å². The van der Waals surface area contributed by atoms with Crippen LogP contribution in [0.3, 0.4) is 0 Å². The van der Waals surface area contributed by atoms with Gasteiger partial charge in [-0.05, 0) is 32.6 Å². The molecule has 5 heteroatoms. The molecule has 0 saturated carbocycles. The molecule has 1 saturated heterocycles. The van der Waals surface area contributed by atoms with Gasteiger partial charge in [0.05, 0.1) is 5.69 Å². The third-order valence-electron chi connectivity index (χ3n) is 3.67. The summed E-state index contributed by atoms with van der Waals surface area (Å²) in [5.74, 6) is 0.910. The summed E-state index contributed by atoms with van der Waals surface area (Å²) in [7, 11) is 1.88. The van der Waals surface area contributed by atoms with Crippen LogP contribution < -0.4 is 4.90 Å². The van der Waals surface area contributed by atoms with Crippen molar-refractivity contribution in [1.29, 1.82) is 5.26 Å². The van der Waals surface area contributed by atoms with Crippen LogP contribution in [0.2, 0.25) is 0 Å². The van der Waals surface area contributed by atoms with Crippen LogP contribution >= 0.6 is 0 Å². The van der Waals surface area contributed by atoms with Crippen molar-refractivity contribution in [2.45, 2.75) is 38.6 Å². The molecule has 0 spiro atoms. The van der Waals surface area contributed by atoms with Gasteiger partial charge in [-0.3, -0.25) is 4.68 Å². The molecule has 5 nitrogen and oxygen atoms in total. The number of rotatable bonds is 3. The van der Waals surface area contributed by atoms with E-state index in [0.29, 0.717) is 11.6 Å². The van der Waals surface area contributed by atoms with E-state index < -0.39 is 0 Å². The lowest BCUT2D eigenvalue weighted by atomic mass is 9.99. The van der Waals surface area contributed by atoms with Gasteiger partial charge in [0, 0.05) is 26.2 Å². The molecule has 1 N–H and O–H groups in total. The Morgan fingerprint density at radius 1 is 1.50 bits per heavy atom. The van der Waals surface area contributed by atoms with Gasteiger partial charge in [-0.1, -0.05) is 0 Å². The van der Waals surface area contributed by atoms with Crippen molar-refractivity contribution in [1.82, 2.24) is 9.78 Å². The van der Waals surface area contributed by atoms with E-state index in [-0.39, 0.29) is 6.61 Å². The first-order chi connectivity index (χ1) is 8.69. The molecule has 1 atom stereocenters. The third-order valence-corrected chi connectivity index (χ3v) is 3.67. The maximum Gasteiger partial charge on any atom is 0.145 e. The molecule has 98 valence electrons. The number of piperidine rings is 1. The molecule has 1 aromatic rings. The van der Waals surface area contributed by atoms with Gasteiger partial charge in [0.2, 0.25) is 0 Å². The Balaban J connectivity index is 2.36. The second-order valence-electron chi connectivity index (χ2n) is 4.87. The fourth-order valence-corrected chi connectivity index (χ4v) is 2.83. The van der Waals surface area contributed by atoms with Gasteiger partial charge in [0.15, 0.2) is 0 Å². The maximum atomic E-state index is 9.28. The maximum absolute atomic E-state index is 9.28. The van der Waals surface area contributed by atoms with E-state index in [1.807, 2.05) is 14.0 Å². The van der Waals surface area contributed by atoms with Crippen LogP contribution in [0.1, 0.15) is 36.9 Å². The molecule has 0 amide bonds. The zero-order valence-corrected chi connectivity index (χ0v) is 11.1. The normalized spacial score (nSPS) is 19.9. The van der Waals surface area contributed by atoms with E-state index >= 15 is 0 Å². The lowest BCUT2D eigenvalue weighted by molar-refractivity contribution is 0.261. The van der Waals surface area contributed by atoms with E-state index in [0.717, 1.165) is 37.3 Å². The van der Waals surface area contributed by atoms with Gasteiger partial charge < -0.3 is 10.0 Å². The standard InChI is InChI=1S/C13H20N4O/c1-10-12(9-14)13(16(2)15-10)17-7-4-3-5-11(17)6-8-18/h11,18H,3-8H2,1-2H3. The molecule has 1 aromatic heterocycles. The first kappa shape index (κ1) is 12.9. The topological polar surface area (TPSA) is 65.1 Å². The highest BCUT2D eigenvalue weighted by molar-refractivity contribution is 5.57. The molecule has 0 aliphatic carbocycles.